The number of hydrogen-bond donors (Lipinski definition) is 1. The molecular weight excluding hydrogens is 404 g/mol. The fourth-order valence-electron chi connectivity index (χ4n) is 4.24. The lowest BCUT2D eigenvalue weighted by Crippen LogP contribution is -2.42. The summed E-state index contributed by atoms with van der Waals surface area (Å²) in [5.74, 6) is 0.392. The Morgan fingerprint density at radius 1 is 1.06 bits per heavy atom. The van der Waals surface area contributed by atoms with Gasteiger partial charge in [-0.1, -0.05) is 38.0 Å². The molecule has 1 fully saturated rings. The van der Waals surface area contributed by atoms with E-state index in [1.54, 1.807) is 13.2 Å². The summed E-state index contributed by atoms with van der Waals surface area (Å²) < 4.78 is 10.6. The minimum absolute atomic E-state index is 0.151. The van der Waals surface area contributed by atoms with Gasteiger partial charge in [-0.05, 0) is 55.2 Å². The number of nitrogens with one attached hydrogen (secondary N) is 1. The van der Waals surface area contributed by atoms with Crippen molar-refractivity contribution in [3.05, 3.63) is 60.2 Å². The van der Waals surface area contributed by atoms with Crippen molar-refractivity contribution >= 4 is 22.8 Å². The molecule has 1 N–H and O–H groups in total. The van der Waals surface area contributed by atoms with Crippen molar-refractivity contribution in [1.29, 1.82) is 0 Å². The molecule has 32 heavy (non-hydrogen) atoms. The molecule has 1 aliphatic carbocycles. The van der Waals surface area contributed by atoms with Crippen molar-refractivity contribution < 1.29 is 19.1 Å². The summed E-state index contributed by atoms with van der Waals surface area (Å²) in [7, 11) is 1.61. The smallest absolute Gasteiger partial charge is 0.339 e. The maximum Gasteiger partial charge on any atom is 0.339 e. The summed E-state index contributed by atoms with van der Waals surface area (Å²) in [5.41, 5.74) is 2.59. The van der Waals surface area contributed by atoms with Gasteiger partial charge >= 0.3 is 5.97 Å². The summed E-state index contributed by atoms with van der Waals surface area (Å²) in [6, 6.07) is 16.8. The van der Waals surface area contributed by atoms with Crippen molar-refractivity contribution in [1.82, 2.24) is 10.3 Å². The molecule has 0 saturated heterocycles. The van der Waals surface area contributed by atoms with Crippen LogP contribution in [0.5, 0.6) is 5.75 Å². The van der Waals surface area contributed by atoms with E-state index in [9.17, 15) is 9.59 Å². The predicted molar refractivity (Wildman–Crippen MR) is 124 cm³/mol. The number of carbonyl (C=O) groups is 2. The number of nitrogens with zero attached hydrogens (tertiary/aromatic N) is 1. The zero-order valence-electron chi connectivity index (χ0n) is 18.5. The van der Waals surface area contributed by atoms with Crippen LogP contribution in [0.1, 0.15) is 43.0 Å². The SMILES string of the molecule is COc1ccc(-c2cc(C(=O)OCC(=O)N[C@H]3CCCC[C@H]3C)c3ccccc3n2)cc1. The number of pyridine rings is 1. The van der Waals surface area contributed by atoms with Crippen LogP contribution >= 0.6 is 0 Å². The molecule has 2 atom stereocenters. The van der Waals surface area contributed by atoms with E-state index >= 15 is 0 Å². The lowest BCUT2D eigenvalue weighted by molar-refractivity contribution is -0.125. The maximum absolute atomic E-state index is 13.0. The maximum atomic E-state index is 13.0. The molecule has 4 rings (SSSR count). The van der Waals surface area contributed by atoms with Gasteiger partial charge in [0.15, 0.2) is 6.61 Å². The van der Waals surface area contributed by atoms with Crippen molar-refractivity contribution in [2.24, 2.45) is 5.92 Å². The largest absolute Gasteiger partial charge is 0.497 e. The van der Waals surface area contributed by atoms with Crippen LogP contribution in [0.2, 0.25) is 0 Å². The third kappa shape index (κ3) is 4.90. The third-order valence-electron chi connectivity index (χ3n) is 6.11. The van der Waals surface area contributed by atoms with E-state index in [2.05, 4.69) is 12.2 Å². The Labute approximate surface area is 187 Å². The quantitative estimate of drug-likeness (QED) is 0.568. The molecule has 3 aromatic rings. The van der Waals surface area contributed by atoms with Gasteiger partial charge in [0, 0.05) is 17.0 Å². The van der Waals surface area contributed by atoms with Crippen molar-refractivity contribution in [2.75, 3.05) is 13.7 Å². The lowest BCUT2D eigenvalue weighted by atomic mass is 9.86. The highest BCUT2D eigenvalue weighted by molar-refractivity contribution is 6.05. The van der Waals surface area contributed by atoms with Gasteiger partial charge in [-0.2, -0.15) is 0 Å². The standard InChI is InChI=1S/C26H28N2O4/c1-17-7-3-5-9-22(17)28-25(29)16-32-26(30)21-15-24(18-11-13-19(31-2)14-12-18)27-23-10-6-4-8-20(21)23/h4,6,8,10-15,17,22H,3,5,7,9,16H2,1-2H3,(H,28,29)/t17-,22+/m1/s1. The first-order valence-corrected chi connectivity index (χ1v) is 11.1. The van der Waals surface area contributed by atoms with Crippen LogP contribution in [0, 0.1) is 5.92 Å². The molecular formula is C26H28N2O4. The molecule has 6 heteroatoms. The van der Waals surface area contributed by atoms with Gasteiger partial charge in [0.1, 0.15) is 5.75 Å². The lowest BCUT2D eigenvalue weighted by Gasteiger charge is -2.29. The Morgan fingerprint density at radius 3 is 2.56 bits per heavy atom. The fourth-order valence-corrected chi connectivity index (χ4v) is 4.24. The predicted octanol–water partition coefficient (Wildman–Crippen LogP) is 4.76. The summed E-state index contributed by atoms with van der Waals surface area (Å²) in [4.78, 5) is 30.0. The highest BCUT2D eigenvalue weighted by atomic mass is 16.5. The molecule has 1 aromatic heterocycles. The molecule has 0 bridgehead atoms. The first-order chi connectivity index (χ1) is 15.5. The number of hydrogen-bond acceptors (Lipinski definition) is 5. The number of methoxy groups -OCH3 is 1. The number of amides is 1. The van der Waals surface area contributed by atoms with E-state index in [0.29, 0.717) is 28.1 Å². The molecule has 0 unspecified atom stereocenters. The highest BCUT2D eigenvalue weighted by Gasteiger charge is 2.23. The van der Waals surface area contributed by atoms with E-state index in [1.165, 1.54) is 6.42 Å². The topological polar surface area (TPSA) is 77.5 Å². The zero-order chi connectivity index (χ0) is 22.5. The third-order valence-corrected chi connectivity index (χ3v) is 6.11. The Kier molecular flexibility index (Phi) is 6.69. The van der Waals surface area contributed by atoms with Gasteiger partial charge in [-0.15, -0.1) is 0 Å². The van der Waals surface area contributed by atoms with E-state index in [1.807, 2.05) is 48.5 Å². The second-order valence-electron chi connectivity index (χ2n) is 8.31. The van der Waals surface area contributed by atoms with Crippen molar-refractivity contribution in [3.8, 4) is 17.0 Å². The molecule has 166 valence electrons. The number of aromatic nitrogens is 1. The number of ether oxygens (including phenoxy) is 2. The van der Waals surface area contributed by atoms with E-state index in [-0.39, 0.29) is 18.6 Å². The van der Waals surface area contributed by atoms with Gasteiger partial charge in [-0.3, -0.25) is 4.79 Å². The monoisotopic (exact) mass is 432 g/mol. The summed E-state index contributed by atoms with van der Waals surface area (Å²) in [6.45, 7) is 1.86. The molecule has 0 radical (unpaired) electrons. The number of fused-ring (bicyclic) bond motifs is 1. The molecule has 0 aliphatic heterocycles. The van der Waals surface area contributed by atoms with E-state index in [0.717, 1.165) is 30.6 Å². The zero-order valence-corrected chi connectivity index (χ0v) is 18.5. The van der Waals surface area contributed by atoms with Crippen LogP contribution in [-0.4, -0.2) is 36.6 Å². The Hall–Kier alpha value is -3.41. The van der Waals surface area contributed by atoms with Crippen molar-refractivity contribution in [3.63, 3.8) is 0 Å². The van der Waals surface area contributed by atoms with Crippen LogP contribution in [0.4, 0.5) is 0 Å². The number of para-hydroxylation sites is 1. The minimum Gasteiger partial charge on any atom is -0.497 e. The van der Waals surface area contributed by atoms with Gasteiger partial charge in [0.05, 0.1) is 23.9 Å². The second-order valence-corrected chi connectivity index (χ2v) is 8.31. The Morgan fingerprint density at radius 2 is 1.81 bits per heavy atom. The van der Waals surface area contributed by atoms with Gasteiger partial charge in [0.2, 0.25) is 0 Å². The van der Waals surface area contributed by atoms with E-state index < -0.39 is 5.97 Å². The first-order valence-electron chi connectivity index (χ1n) is 11.1. The van der Waals surface area contributed by atoms with E-state index in [4.69, 9.17) is 14.5 Å². The average Bonchev–Trinajstić information content (AvgIpc) is 2.83. The first kappa shape index (κ1) is 21.8. The number of carbonyl (C=O) groups excluding carboxylic acids is 2. The van der Waals surface area contributed by atoms with Gasteiger partial charge in [-0.25, -0.2) is 9.78 Å². The molecule has 1 aliphatic rings. The van der Waals surface area contributed by atoms with Crippen LogP contribution in [-0.2, 0) is 9.53 Å². The molecule has 1 heterocycles. The number of benzene rings is 2. The van der Waals surface area contributed by atoms with Crippen LogP contribution in [0.3, 0.4) is 0 Å². The minimum atomic E-state index is -0.537. The highest BCUT2D eigenvalue weighted by Crippen LogP contribution is 2.27. The van der Waals surface area contributed by atoms with Gasteiger partial charge in [0.25, 0.3) is 5.91 Å². The molecule has 1 saturated carbocycles. The van der Waals surface area contributed by atoms with Gasteiger partial charge < -0.3 is 14.8 Å². The normalized spacial score (nSPS) is 18.2. The molecule has 2 aromatic carbocycles. The second kappa shape index (κ2) is 9.81. The van der Waals surface area contributed by atoms with Crippen LogP contribution in [0.15, 0.2) is 54.6 Å². The van der Waals surface area contributed by atoms with Crippen LogP contribution < -0.4 is 10.1 Å². The fraction of sp³-hybridized carbons (Fsp3) is 0.346. The van der Waals surface area contributed by atoms with Crippen LogP contribution in [0.25, 0.3) is 22.2 Å². The summed E-state index contributed by atoms with van der Waals surface area (Å²) >= 11 is 0. The molecule has 0 spiro atoms. The van der Waals surface area contributed by atoms with Crippen molar-refractivity contribution in [2.45, 2.75) is 38.6 Å². The Balaban J connectivity index is 1.53. The molecule has 1 amide bonds. The number of rotatable bonds is 6. The number of esters is 1. The Bertz CT molecular complexity index is 1110. The average molecular weight is 433 g/mol. The molecule has 6 nitrogen and oxygen atoms in total. The summed E-state index contributed by atoms with van der Waals surface area (Å²) in [6.07, 6.45) is 4.41. The summed E-state index contributed by atoms with van der Waals surface area (Å²) in [5, 5.41) is 3.71.